The van der Waals surface area contributed by atoms with Gasteiger partial charge in [0.2, 0.25) is 100 Å². The van der Waals surface area contributed by atoms with Crippen molar-refractivity contribution in [3.05, 3.63) is 108 Å². The van der Waals surface area contributed by atoms with Crippen LogP contribution in [-0.4, -0.2) is 328 Å². The van der Waals surface area contributed by atoms with Gasteiger partial charge in [-0.1, -0.05) is 58.0 Å². The SMILES string of the molecule is C[C@@H]1NC(=O)[C@H](CCCNC(=N)N)NC(=O)[C@@H](NC(=O)[C@@H](NC(=O)[C@H](Cc2cnc[nH]2)NC(=O)[C@@H](N)Cc2ccc(O)cc2)[C@@H](C)O)CSSC[C@@H](C(=O)N[C@@H](Cc2ccc(O)cc2)C(=O)N[C@@H](CCC(N)=O)C(=O)N[C@@H](CCC(=O)NC2C3CC4CC(C3)CC2C4)C(=O)N2CCC[C@@H]2C(=O)N2CCC[C@H]2C(=O)O)NC(=O)[C@H](Cc2ccc(O)cc2)NC(=O)[C@H](CCCNC(=N)N)NC(=O)[C@@H](N)CCNC(=O)[C@H]2CCCN2C1=O. The molecule has 52 heteroatoms. The summed E-state index contributed by atoms with van der Waals surface area (Å²) in [4.78, 5) is 276. The fraction of sp³-hybridized carbons (Fsp3) is 0.577. The number of aromatic nitrogens is 2. The van der Waals surface area contributed by atoms with Crippen molar-refractivity contribution in [2.45, 2.75) is 277 Å². The van der Waals surface area contributed by atoms with Gasteiger partial charge >= 0.3 is 5.97 Å². The molecule has 4 aliphatic carbocycles. The molecule has 149 heavy (non-hydrogen) atoms. The first kappa shape index (κ1) is 115. The largest absolute Gasteiger partial charge is 0.508 e. The van der Waals surface area contributed by atoms with E-state index >= 15 is 38.4 Å². The number of carboxylic acid groups (broad SMARTS) is 1. The molecule has 0 unspecified atom stereocenters. The number of carbonyl (C=O) groups excluding carboxylic acids is 17. The summed E-state index contributed by atoms with van der Waals surface area (Å²) < 4.78 is 0. The van der Waals surface area contributed by atoms with E-state index in [-0.39, 0.29) is 175 Å². The minimum Gasteiger partial charge on any atom is -0.508 e. The number of carboxylic acids is 1. The zero-order chi connectivity index (χ0) is 108. The number of aliphatic hydroxyl groups excluding tert-OH is 1. The normalized spacial score (nSPS) is 25.0. The van der Waals surface area contributed by atoms with Crippen molar-refractivity contribution >= 4 is 140 Å². The number of nitrogens with zero attached hydrogens (tertiary/aromatic N) is 4. The van der Waals surface area contributed by atoms with Gasteiger partial charge in [0.25, 0.3) is 0 Å². The second-order valence-electron chi connectivity index (χ2n) is 39.2. The number of nitrogens with one attached hydrogen (secondary N) is 18. The molecule has 17 atom stereocenters. The number of phenols is 3. The highest BCUT2D eigenvalue weighted by atomic mass is 33.1. The van der Waals surface area contributed by atoms with Gasteiger partial charge in [-0.3, -0.25) is 92.3 Å². The maximum atomic E-state index is 16.1. The average Bonchev–Trinajstić information content (AvgIpc) is 1.47. The van der Waals surface area contributed by atoms with Crippen molar-refractivity contribution in [2.24, 2.45) is 52.3 Å². The molecule has 33 N–H and O–H groups in total. The van der Waals surface area contributed by atoms with E-state index in [1.165, 1.54) is 107 Å². The van der Waals surface area contributed by atoms with E-state index in [0.29, 0.717) is 51.8 Å². The number of fused-ring (bicyclic) bond motifs is 1. The molecule has 8 fully saturated rings. The summed E-state index contributed by atoms with van der Waals surface area (Å²) in [5, 5.41) is 108. The van der Waals surface area contributed by atoms with Gasteiger partial charge in [0, 0.05) is 101 Å². The first-order valence-corrected chi connectivity index (χ1v) is 52.8. The number of imidazole rings is 1. The van der Waals surface area contributed by atoms with E-state index in [4.69, 9.17) is 39.5 Å². The van der Waals surface area contributed by atoms with Gasteiger partial charge in [0.1, 0.15) is 102 Å². The van der Waals surface area contributed by atoms with E-state index < -0.39 is 258 Å². The van der Waals surface area contributed by atoms with Crippen LogP contribution in [0.5, 0.6) is 17.2 Å². The van der Waals surface area contributed by atoms with Crippen molar-refractivity contribution in [3.8, 4) is 17.2 Å². The molecule has 0 spiro atoms. The highest BCUT2D eigenvalue weighted by Gasteiger charge is 2.51. The number of H-pyrrole nitrogens is 1. The zero-order valence-electron chi connectivity index (χ0n) is 83.0. The van der Waals surface area contributed by atoms with Crippen molar-refractivity contribution in [1.29, 1.82) is 10.8 Å². The lowest BCUT2D eigenvalue weighted by molar-refractivity contribution is -0.152. The van der Waals surface area contributed by atoms with Crippen LogP contribution in [0.2, 0.25) is 0 Å². The molecule has 4 aliphatic heterocycles. The fourth-order valence-corrected chi connectivity index (χ4v) is 22.6. The fourth-order valence-electron chi connectivity index (χ4n) is 20.3. The molecular weight excluding hydrogens is 1980 g/mol. The van der Waals surface area contributed by atoms with Crippen LogP contribution in [-0.2, 0) is 112 Å². The minimum atomic E-state index is -2.03. The molecule has 17 amide bonds. The molecule has 4 bridgehead atoms. The Morgan fingerprint density at radius 1 is 0.544 bits per heavy atom. The third-order valence-electron chi connectivity index (χ3n) is 27.9. The van der Waals surface area contributed by atoms with Gasteiger partial charge in [0.15, 0.2) is 11.9 Å². The predicted molar refractivity (Wildman–Crippen MR) is 542 cm³/mol. The van der Waals surface area contributed by atoms with Crippen molar-refractivity contribution in [1.82, 2.24) is 104 Å². The van der Waals surface area contributed by atoms with Gasteiger partial charge in [-0.2, -0.15) is 0 Å². The van der Waals surface area contributed by atoms with E-state index in [2.05, 4.69) is 89.7 Å². The van der Waals surface area contributed by atoms with Crippen LogP contribution in [0.3, 0.4) is 0 Å². The second kappa shape index (κ2) is 55.2. The van der Waals surface area contributed by atoms with Crippen molar-refractivity contribution in [2.75, 3.05) is 50.8 Å². The second-order valence-corrected chi connectivity index (χ2v) is 41.8. The number of rotatable bonds is 39. The number of aliphatic carboxylic acids is 1. The molecule has 4 saturated heterocycles. The third-order valence-corrected chi connectivity index (χ3v) is 30.3. The van der Waals surface area contributed by atoms with Crippen LogP contribution in [0.1, 0.15) is 165 Å². The summed E-state index contributed by atoms with van der Waals surface area (Å²) in [7, 11) is 1.38. The van der Waals surface area contributed by atoms with Gasteiger partial charge < -0.3 is 154 Å². The number of aliphatic hydroxyl groups is 1. The van der Waals surface area contributed by atoms with Gasteiger partial charge in [0.05, 0.1) is 24.5 Å². The molecule has 8 aliphatic rings. The number of nitrogens with two attached hydrogens (primary N) is 5. The maximum absolute atomic E-state index is 16.1. The standard InChI is InChI=1S/C97H139N27O23S2/c1-49-92(143)122-33-5-10-73(122)90(141)106-32-29-62(98)80(131)111-65(9-4-31-108-97(103)104)83(134)116-69(43-53-17-23-61(128)24-18-53)86(137)118-71(46-148-149-47-72(88(139)112-64(82(133)110-49)8-3-30-107-96(101)102)119-91(142)78(50(2)125)121-87(138)70(44-58-45-105-48-109-58)115-81(132)63(99)41-51-13-19-59(126)20-14-51)89(140)117-68(42-52-15-21-60(127)22-16-52)85(136)113-66(25-27-76(100)129)84(135)114-67(26-28-77(130)120-79-56-37-54-36-55(39-56)40-57(79)38-54)93(144)123-34-6-11-74(123)94(145)124-35-7-12-75(124)95(146)147/h13-24,45,48-50,54-57,62-75,78-79,125-128H,3-12,25-44,46-47,98-99H2,1-2H3,(H2,100,129)(H,105,109)(H,106,141)(H,110,133)(H,111,131)(H,112,139)(H,113,136)(H,114,135)(H,115,132)(H,116,134)(H,117,140)(H,118,137)(H,119,142)(H,120,130)(H,121,138)(H,146,147)(H4,101,102,107)(H4,103,104,108)/t49-,50+,54?,55?,56?,57?,62-,63-,64-,65-,66-,67-,68-,69-,70-,71-,72-,73+,74+,75-,78-,79?/m0/s1. The topological polar surface area (TPSA) is 805 Å². The molecule has 3 aromatic carbocycles. The summed E-state index contributed by atoms with van der Waals surface area (Å²) in [5.41, 5.74) is 31.2. The summed E-state index contributed by atoms with van der Waals surface area (Å²) in [6, 6.07) is -9.54. The average molecular weight is 2120 g/mol. The Labute approximate surface area is 867 Å². The Morgan fingerprint density at radius 2 is 1.07 bits per heavy atom. The van der Waals surface area contributed by atoms with Crippen molar-refractivity contribution < 1.29 is 112 Å². The number of carbonyl (C=O) groups is 18. The van der Waals surface area contributed by atoms with Gasteiger partial charge in [-0.05, 0) is 213 Å². The van der Waals surface area contributed by atoms with Gasteiger partial charge in [-0.15, -0.1) is 0 Å². The van der Waals surface area contributed by atoms with Crippen LogP contribution < -0.4 is 108 Å². The zero-order valence-corrected chi connectivity index (χ0v) is 84.6. The van der Waals surface area contributed by atoms with E-state index in [0.717, 1.165) is 39.0 Å². The van der Waals surface area contributed by atoms with E-state index in [1.807, 2.05) is 0 Å². The monoisotopic (exact) mass is 2110 g/mol. The minimum absolute atomic E-state index is 0.00585. The molecule has 5 heterocycles. The molecule has 4 saturated carbocycles. The van der Waals surface area contributed by atoms with E-state index in [9.17, 15) is 73.5 Å². The van der Waals surface area contributed by atoms with Crippen LogP contribution >= 0.6 is 21.6 Å². The Morgan fingerprint density at radius 3 is 1.66 bits per heavy atom. The molecular formula is C97H139N27O23S2. The Balaban J connectivity index is 0.952. The number of phenolic OH excluding ortho intramolecular Hbond substituents is 3. The van der Waals surface area contributed by atoms with Crippen LogP contribution in [0, 0.1) is 34.5 Å². The molecule has 0 radical (unpaired) electrons. The lowest BCUT2D eigenvalue weighted by atomic mass is 9.54. The first-order valence-electron chi connectivity index (χ1n) is 50.3. The number of likely N-dealkylation sites (tertiary alicyclic amines) is 2. The lowest BCUT2D eigenvalue weighted by Crippen LogP contribution is -2.62. The molecule has 4 aromatic rings. The summed E-state index contributed by atoms with van der Waals surface area (Å²) in [6.45, 7) is 2.10. The predicted octanol–water partition coefficient (Wildman–Crippen LogP) is -5.34. The number of hydrogen-bond donors (Lipinski definition) is 28. The summed E-state index contributed by atoms with van der Waals surface area (Å²) in [6.07, 6.45) is 2.83. The molecule has 1 aromatic heterocycles. The number of hydrogen-bond acceptors (Lipinski definition) is 29. The molecule has 12 rings (SSSR count). The van der Waals surface area contributed by atoms with Crippen LogP contribution in [0.4, 0.5) is 0 Å². The highest BCUT2D eigenvalue weighted by Crippen LogP contribution is 2.54. The number of aromatic hydroxyl groups is 3. The maximum Gasteiger partial charge on any atom is 0.326 e. The van der Waals surface area contributed by atoms with Crippen LogP contribution in [0.15, 0.2) is 85.3 Å². The third kappa shape index (κ3) is 33.9. The Hall–Kier alpha value is -14.1. The van der Waals surface area contributed by atoms with Crippen LogP contribution in [0.25, 0.3) is 0 Å². The quantitative estimate of drug-likeness (QED) is 0.00858. The highest BCUT2D eigenvalue weighted by molar-refractivity contribution is 8.76. The number of aromatic amines is 1. The molecule has 812 valence electrons. The Bertz CT molecular complexity index is 5390. The Kier molecular flexibility index (Phi) is 42.7. The number of guanidine groups is 2. The number of benzene rings is 3. The smallest absolute Gasteiger partial charge is 0.326 e. The van der Waals surface area contributed by atoms with Gasteiger partial charge in [-0.25, -0.2) is 9.78 Å². The lowest BCUT2D eigenvalue weighted by Gasteiger charge is -2.54. The summed E-state index contributed by atoms with van der Waals surface area (Å²) >= 11 is 0. The first-order chi connectivity index (χ1) is 71.0. The van der Waals surface area contributed by atoms with E-state index in [1.54, 1.807) is 0 Å². The molecule has 50 nitrogen and oxygen atoms in total. The summed E-state index contributed by atoms with van der Waals surface area (Å²) in [5.74, 6) is -19.0. The number of primary amides is 1. The van der Waals surface area contributed by atoms with Crippen molar-refractivity contribution in [3.63, 3.8) is 0 Å². The number of amides is 17.